The van der Waals surface area contributed by atoms with Gasteiger partial charge >= 0.3 is 0 Å². The number of methoxy groups -OCH3 is 2. The van der Waals surface area contributed by atoms with Gasteiger partial charge in [0.25, 0.3) is 0 Å². The molecule has 2 atom stereocenters. The van der Waals surface area contributed by atoms with E-state index in [0.717, 1.165) is 42.0 Å². The molecule has 3 rings (SSSR count). The van der Waals surface area contributed by atoms with Gasteiger partial charge in [-0.15, -0.1) is 0 Å². The van der Waals surface area contributed by atoms with Crippen LogP contribution in [-0.2, 0) is 0 Å². The van der Waals surface area contributed by atoms with E-state index < -0.39 is 6.10 Å². The third-order valence-electron chi connectivity index (χ3n) is 5.26. The Morgan fingerprint density at radius 2 is 1.68 bits per heavy atom. The van der Waals surface area contributed by atoms with E-state index in [0.29, 0.717) is 0 Å². The Morgan fingerprint density at radius 3 is 2.28 bits per heavy atom. The molecule has 0 amide bonds. The van der Waals surface area contributed by atoms with Crippen molar-refractivity contribution in [2.24, 2.45) is 5.41 Å². The lowest BCUT2D eigenvalue weighted by molar-refractivity contribution is 0.0903. The van der Waals surface area contributed by atoms with Crippen LogP contribution < -0.4 is 14.8 Å². The average Bonchev–Trinajstić information content (AvgIpc) is 3.46. The van der Waals surface area contributed by atoms with Crippen molar-refractivity contribution in [2.75, 3.05) is 20.8 Å². The predicted octanol–water partition coefficient (Wildman–Crippen LogP) is 3.87. The van der Waals surface area contributed by atoms with Gasteiger partial charge in [-0.25, -0.2) is 0 Å². The topological polar surface area (TPSA) is 50.7 Å². The van der Waals surface area contributed by atoms with Gasteiger partial charge in [0.15, 0.2) is 11.5 Å². The number of ether oxygens (including phenoxy) is 2. The lowest BCUT2D eigenvalue weighted by Gasteiger charge is -2.25. The maximum atomic E-state index is 10.8. The van der Waals surface area contributed by atoms with Crippen molar-refractivity contribution in [1.29, 1.82) is 0 Å². The molecule has 0 spiro atoms. The van der Waals surface area contributed by atoms with Crippen molar-refractivity contribution in [3.8, 4) is 11.5 Å². The van der Waals surface area contributed by atoms with Crippen LogP contribution in [0, 0.1) is 5.41 Å². The molecule has 25 heavy (non-hydrogen) atoms. The Balaban J connectivity index is 1.65. The Kier molecular flexibility index (Phi) is 5.30. The zero-order valence-corrected chi connectivity index (χ0v) is 15.2. The minimum Gasteiger partial charge on any atom is -0.493 e. The fourth-order valence-corrected chi connectivity index (χ4v) is 3.29. The van der Waals surface area contributed by atoms with Crippen LogP contribution in [0.25, 0.3) is 0 Å². The smallest absolute Gasteiger partial charge is 0.161 e. The summed E-state index contributed by atoms with van der Waals surface area (Å²) in [5.41, 5.74) is 2.09. The maximum Gasteiger partial charge on any atom is 0.161 e. The molecule has 4 nitrogen and oxygen atoms in total. The largest absolute Gasteiger partial charge is 0.493 e. The van der Waals surface area contributed by atoms with E-state index in [1.54, 1.807) is 14.2 Å². The fraction of sp³-hybridized carbons (Fsp3) is 0.429. The summed E-state index contributed by atoms with van der Waals surface area (Å²) < 4.78 is 10.7. The van der Waals surface area contributed by atoms with E-state index in [1.165, 1.54) is 0 Å². The summed E-state index contributed by atoms with van der Waals surface area (Å²) in [6, 6.07) is 16.1. The quantitative estimate of drug-likeness (QED) is 0.765. The highest BCUT2D eigenvalue weighted by Gasteiger charge is 2.49. The van der Waals surface area contributed by atoms with Gasteiger partial charge in [0.2, 0.25) is 0 Å². The molecule has 134 valence electrons. The van der Waals surface area contributed by atoms with Gasteiger partial charge in [-0.2, -0.15) is 0 Å². The van der Waals surface area contributed by atoms with E-state index in [-0.39, 0.29) is 11.5 Å². The minimum absolute atomic E-state index is 0.0494. The van der Waals surface area contributed by atoms with Gasteiger partial charge in [0.05, 0.1) is 20.3 Å². The molecule has 2 aromatic carbocycles. The molecule has 0 heterocycles. The molecule has 1 aliphatic rings. The zero-order valence-electron chi connectivity index (χ0n) is 15.2. The first-order valence-electron chi connectivity index (χ1n) is 8.78. The first-order valence-corrected chi connectivity index (χ1v) is 8.78. The third-order valence-corrected chi connectivity index (χ3v) is 5.26. The van der Waals surface area contributed by atoms with Crippen molar-refractivity contribution >= 4 is 0 Å². The van der Waals surface area contributed by atoms with Gasteiger partial charge in [-0.05, 0) is 43.0 Å². The first kappa shape index (κ1) is 17.8. The molecule has 0 aliphatic heterocycles. The van der Waals surface area contributed by atoms with Gasteiger partial charge in [0, 0.05) is 18.0 Å². The maximum absolute atomic E-state index is 10.8. The minimum atomic E-state index is -0.418. The molecule has 0 bridgehead atoms. The third kappa shape index (κ3) is 3.80. The highest BCUT2D eigenvalue weighted by molar-refractivity contribution is 5.43. The molecule has 4 heteroatoms. The Labute approximate surface area is 149 Å². The summed E-state index contributed by atoms with van der Waals surface area (Å²) in [6.45, 7) is 2.92. The second-order valence-electron chi connectivity index (χ2n) is 6.89. The molecular formula is C21H27NO3. The molecule has 1 aliphatic carbocycles. The lowest BCUT2D eigenvalue weighted by Crippen LogP contribution is -2.30. The number of aliphatic hydroxyl groups is 1. The standard InChI is InChI=1S/C21H27NO3/c1-15(17-9-10-18(24-2)19(13-17)25-3)22-14-21(11-12-21)20(23)16-7-5-4-6-8-16/h4-10,13,15,20,22-23H,11-12,14H2,1-3H3. The summed E-state index contributed by atoms with van der Waals surface area (Å²) in [4.78, 5) is 0. The Hall–Kier alpha value is -2.04. The van der Waals surface area contributed by atoms with Gasteiger partial charge in [-0.3, -0.25) is 0 Å². The summed E-state index contributed by atoms with van der Waals surface area (Å²) in [5, 5.41) is 14.4. The molecule has 0 saturated heterocycles. The average molecular weight is 341 g/mol. The van der Waals surface area contributed by atoms with E-state index in [2.05, 4.69) is 12.2 Å². The van der Waals surface area contributed by atoms with Gasteiger partial charge < -0.3 is 19.9 Å². The van der Waals surface area contributed by atoms with Crippen LogP contribution >= 0.6 is 0 Å². The Morgan fingerprint density at radius 1 is 1.00 bits per heavy atom. The van der Waals surface area contributed by atoms with Gasteiger partial charge in [-0.1, -0.05) is 36.4 Å². The molecule has 2 aromatic rings. The van der Waals surface area contributed by atoms with Crippen molar-refractivity contribution in [3.05, 3.63) is 59.7 Å². The van der Waals surface area contributed by atoms with Crippen molar-refractivity contribution in [2.45, 2.75) is 31.9 Å². The molecule has 1 saturated carbocycles. The van der Waals surface area contributed by atoms with Crippen molar-refractivity contribution in [3.63, 3.8) is 0 Å². The molecule has 1 fully saturated rings. The summed E-state index contributed by atoms with van der Waals surface area (Å²) in [5.74, 6) is 1.47. The first-order chi connectivity index (χ1) is 12.1. The SMILES string of the molecule is COc1ccc(C(C)NCC2(C(O)c3ccccc3)CC2)cc1OC. The zero-order chi connectivity index (χ0) is 17.9. The van der Waals surface area contributed by atoms with Crippen LogP contribution in [0.1, 0.15) is 43.0 Å². The van der Waals surface area contributed by atoms with Crippen molar-refractivity contribution in [1.82, 2.24) is 5.32 Å². The Bertz CT molecular complexity index is 698. The van der Waals surface area contributed by atoms with Crippen LogP contribution in [0.2, 0.25) is 0 Å². The highest BCUT2D eigenvalue weighted by atomic mass is 16.5. The molecule has 2 unspecified atom stereocenters. The number of hydrogen-bond donors (Lipinski definition) is 2. The summed E-state index contributed by atoms with van der Waals surface area (Å²) >= 11 is 0. The molecule has 2 N–H and O–H groups in total. The number of benzene rings is 2. The summed E-state index contributed by atoms with van der Waals surface area (Å²) in [6.07, 6.45) is 1.68. The highest BCUT2D eigenvalue weighted by Crippen LogP contribution is 2.54. The van der Waals surface area contributed by atoms with Crippen LogP contribution in [0.15, 0.2) is 48.5 Å². The summed E-state index contributed by atoms with van der Waals surface area (Å²) in [7, 11) is 3.29. The second kappa shape index (κ2) is 7.46. The van der Waals surface area contributed by atoms with E-state index >= 15 is 0 Å². The van der Waals surface area contributed by atoms with Crippen LogP contribution in [-0.4, -0.2) is 25.9 Å². The van der Waals surface area contributed by atoms with E-state index in [4.69, 9.17) is 9.47 Å². The number of rotatable bonds is 8. The molecule has 0 radical (unpaired) electrons. The number of aliphatic hydroxyl groups excluding tert-OH is 1. The predicted molar refractivity (Wildman–Crippen MR) is 99.0 cm³/mol. The van der Waals surface area contributed by atoms with Crippen LogP contribution in [0.3, 0.4) is 0 Å². The normalized spacial score (nSPS) is 17.6. The lowest BCUT2D eigenvalue weighted by atomic mass is 9.92. The number of nitrogens with one attached hydrogen (secondary N) is 1. The van der Waals surface area contributed by atoms with Crippen molar-refractivity contribution < 1.29 is 14.6 Å². The monoisotopic (exact) mass is 341 g/mol. The molecular weight excluding hydrogens is 314 g/mol. The fourth-order valence-electron chi connectivity index (χ4n) is 3.29. The molecule has 0 aromatic heterocycles. The van der Waals surface area contributed by atoms with Crippen LogP contribution in [0.4, 0.5) is 0 Å². The number of hydrogen-bond acceptors (Lipinski definition) is 4. The second-order valence-corrected chi connectivity index (χ2v) is 6.89. The van der Waals surface area contributed by atoms with E-state index in [1.807, 2.05) is 48.5 Å². The van der Waals surface area contributed by atoms with Crippen LogP contribution in [0.5, 0.6) is 11.5 Å². The van der Waals surface area contributed by atoms with E-state index in [9.17, 15) is 5.11 Å². The van der Waals surface area contributed by atoms with Gasteiger partial charge in [0.1, 0.15) is 0 Å².